The predicted octanol–water partition coefficient (Wildman–Crippen LogP) is 2.32. The van der Waals surface area contributed by atoms with Gasteiger partial charge in [0.25, 0.3) is 5.91 Å². The fourth-order valence-corrected chi connectivity index (χ4v) is 4.23. The Morgan fingerprint density at radius 3 is 3.04 bits per heavy atom. The van der Waals surface area contributed by atoms with Gasteiger partial charge in [-0.05, 0) is 35.6 Å². The first-order valence-corrected chi connectivity index (χ1v) is 8.46. The van der Waals surface area contributed by atoms with Gasteiger partial charge in [-0.1, -0.05) is 49.0 Å². The molecule has 0 saturated carbocycles. The van der Waals surface area contributed by atoms with Gasteiger partial charge < -0.3 is 5.43 Å². The van der Waals surface area contributed by atoms with Crippen LogP contribution in [0, 0.1) is 11.8 Å². The molecule has 1 aromatic carbocycles. The molecule has 2 unspecified atom stereocenters. The van der Waals surface area contributed by atoms with Gasteiger partial charge in [-0.15, -0.1) is 5.53 Å². The highest BCUT2D eigenvalue weighted by Gasteiger charge is 2.32. The molecule has 3 aliphatic rings. The van der Waals surface area contributed by atoms with E-state index in [2.05, 4.69) is 47.4 Å². The van der Waals surface area contributed by atoms with Crippen molar-refractivity contribution in [2.75, 3.05) is 0 Å². The van der Waals surface area contributed by atoms with E-state index >= 15 is 0 Å². The highest BCUT2D eigenvalue weighted by Crippen LogP contribution is 2.44. The molecule has 23 heavy (non-hydrogen) atoms. The highest BCUT2D eigenvalue weighted by atomic mass is 32.2. The second kappa shape index (κ2) is 5.56. The first-order valence-electron chi connectivity index (χ1n) is 7.64. The lowest BCUT2D eigenvalue weighted by Crippen LogP contribution is -2.55. The quantitative estimate of drug-likeness (QED) is 0.504. The first-order chi connectivity index (χ1) is 11.1. The van der Waals surface area contributed by atoms with Gasteiger partial charge in [-0.3, -0.25) is 4.79 Å². The number of nitrogens with one attached hydrogen (secondary N) is 2. The third kappa shape index (κ3) is 2.49. The van der Waals surface area contributed by atoms with Crippen LogP contribution in [-0.4, -0.2) is 11.0 Å². The van der Waals surface area contributed by atoms with Crippen LogP contribution in [0.4, 0.5) is 0 Å². The second-order valence-electron chi connectivity index (χ2n) is 6.00. The minimum atomic E-state index is -0.172. The third-order valence-corrected chi connectivity index (χ3v) is 5.77. The number of carbonyl (C=O) groups is 1. The van der Waals surface area contributed by atoms with Gasteiger partial charge in [-0.2, -0.15) is 5.12 Å². The Labute approximate surface area is 139 Å². The molecule has 4 N–H and O–H groups in total. The summed E-state index contributed by atoms with van der Waals surface area (Å²) < 4.78 is 0. The molecule has 0 spiro atoms. The van der Waals surface area contributed by atoms with E-state index in [1.807, 2.05) is 13.0 Å². The van der Waals surface area contributed by atoms with Crippen LogP contribution in [0.1, 0.15) is 18.9 Å². The largest absolute Gasteiger partial charge is 0.302 e. The lowest BCUT2D eigenvalue weighted by Gasteiger charge is -2.25. The highest BCUT2D eigenvalue weighted by molar-refractivity contribution is 8.03. The van der Waals surface area contributed by atoms with Crippen LogP contribution < -0.4 is 16.8 Å². The first kappa shape index (κ1) is 14.6. The Bertz CT molecular complexity index is 768. The molecule has 0 radical (unpaired) electrons. The van der Waals surface area contributed by atoms with Crippen LogP contribution in [0.5, 0.6) is 0 Å². The van der Waals surface area contributed by atoms with Gasteiger partial charge in [0.2, 0.25) is 0 Å². The number of amides is 1. The SMILES string of the molecule is CC1C(=O)N(N)NNC2=Cc3ccccc3SC3=C2CC1C=C3. The number of nitrogens with zero attached hydrogens (tertiary/aromatic N) is 1. The number of carbonyl (C=O) groups excluding carboxylic acids is 1. The van der Waals surface area contributed by atoms with Crippen LogP contribution in [0.3, 0.4) is 0 Å². The average Bonchev–Trinajstić information content (AvgIpc) is 2.72. The van der Waals surface area contributed by atoms with Gasteiger partial charge in [0.15, 0.2) is 0 Å². The van der Waals surface area contributed by atoms with E-state index in [0.29, 0.717) is 0 Å². The Hall–Kier alpha value is -2.02. The Kier molecular flexibility index (Phi) is 3.52. The van der Waals surface area contributed by atoms with E-state index in [1.54, 1.807) is 11.8 Å². The number of benzene rings is 1. The van der Waals surface area contributed by atoms with E-state index in [4.69, 9.17) is 5.84 Å². The Morgan fingerprint density at radius 2 is 2.17 bits per heavy atom. The Balaban J connectivity index is 1.84. The van der Waals surface area contributed by atoms with Gasteiger partial charge in [0, 0.05) is 15.7 Å². The fraction of sp³-hybridized carbons (Fsp3) is 0.235. The predicted molar refractivity (Wildman–Crippen MR) is 91.0 cm³/mol. The summed E-state index contributed by atoms with van der Waals surface area (Å²) in [6.45, 7) is 1.93. The minimum Gasteiger partial charge on any atom is -0.302 e. The standard InChI is InChI=1S/C17H18N4OS/c1-10-11-6-7-16-13(8-11)14(19-20-21(18)17(10)22)9-12-4-2-3-5-15(12)23-16/h2-7,9-11,19-20H,8,18H2,1H3. The summed E-state index contributed by atoms with van der Waals surface area (Å²) in [6.07, 6.45) is 7.22. The maximum absolute atomic E-state index is 12.3. The number of rotatable bonds is 0. The molecule has 2 atom stereocenters. The van der Waals surface area contributed by atoms with E-state index < -0.39 is 0 Å². The number of fused-ring (bicyclic) bond motifs is 2. The van der Waals surface area contributed by atoms with E-state index in [0.717, 1.165) is 22.8 Å². The zero-order valence-electron chi connectivity index (χ0n) is 12.7. The molecule has 1 saturated heterocycles. The molecule has 5 nitrogen and oxygen atoms in total. The van der Waals surface area contributed by atoms with Crippen LogP contribution in [-0.2, 0) is 4.79 Å². The van der Waals surface area contributed by atoms with Crippen molar-refractivity contribution >= 4 is 23.7 Å². The number of hydrazine groups is 3. The number of hydrogen-bond acceptors (Lipinski definition) is 5. The normalized spacial score (nSPS) is 26.4. The maximum Gasteiger partial charge on any atom is 0.256 e. The monoisotopic (exact) mass is 326 g/mol. The minimum absolute atomic E-state index is 0.124. The summed E-state index contributed by atoms with van der Waals surface area (Å²) >= 11 is 1.77. The molecule has 2 aliphatic heterocycles. The lowest BCUT2D eigenvalue weighted by atomic mass is 9.83. The van der Waals surface area contributed by atoms with Gasteiger partial charge in [-0.25, -0.2) is 5.84 Å². The summed E-state index contributed by atoms with van der Waals surface area (Å²) in [7, 11) is 0. The van der Waals surface area contributed by atoms with Crippen molar-refractivity contribution in [3.8, 4) is 0 Å². The summed E-state index contributed by atoms with van der Waals surface area (Å²) in [5.41, 5.74) is 9.26. The molecule has 6 heteroatoms. The Morgan fingerprint density at radius 1 is 1.35 bits per heavy atom. The molecule has 118 valence electrons. The van der Waals surface area contributed by atoms with Crippen molar-refractivity contribution in [2.45, 2.75) is 18.2 Å². The number of nitrogens with two attached hydrogens (primary N) is 1. The van der Waals surface area contributed by atoms with Crippen molar-refractivity contribution in [2.24, 2.45) is 17.7 Å². The topological polar surface area (TPSA) is 70.4 Å². The van der Waals surface area contributed by atoms with Gasteiger partial charge >= 0.3 is 0 Å². The summed E-state index contributed by atoms with van der Waals surface area (Å²) in [6, 6.07) is 8.31. The van der Waals surface area contributed by atoms with Crippen LogP contribution >= 0.6 is 11.8 Å². The molecular formula is C17H18N4OS. The molecule has 2 heterocycles. The third-order valence-electron chi connectivity index (χ3n) is 4.58. The number of hydrogen-bond donors (Lipinski definition) is 3. The molecular weight excluding hydrogens is 308 g/mol. The van der Waals surface area contributed by atoms with Crippen LogP contribution in [0.25, 0.3) is 6.08 Å². The van der Waals surface area contributed by atoms with E-state index in [1.165, 1.54) is 15.4 Å². The molecule has 1 aliphatic carbocycles. The molecule has 1 aromatic rings. The lowest BCUT2D eigenvalue weighted by molar-refractivity contribution is -0.140. The second-order valence-corrected chi connectivity index (χ2v) is 7.09. The maximum atomic E-state index is 12.3. The molecule has 2 bridgehead atoms. The van der Waals surface area contributed by atoms with Crippen molar-refractivity contribution in [1.82, 2.24) is 16.1 Å². The summed E-state index contributed by atoms with van der Waals surface area (Å²) in [4.78, 5) is 14.8. The zero-order valence-corrected chi connectivity index (χ0v) is 13.6. The summed E-state index contributed by atoms with van der Waals surface area (Å²) in [5.74, 6) is 5.69. The number of allylic oxidation sites excluding steroid dienone is 3. The molecule has 0 aromatic heterocycles. The van der Waals surface area contributed by atoms with Crippen LogP contribution in [0.2, 0.25) is 0 Å². The molecule has 1 fully saturated rings. The van der Waals surface area contributed by atoms with Crippen molar-refractivity contribution < 1.29 is 4.79 Å². The average molecular weight is 326 g/mol. The van der Waals surface area contributed by atoms with Crippen molar-refractivity contribution in [3.05, 3.63) is 58.2 Å². The van der Waals surface area contributed by atoms with E-state index in [9.17, 15) is 4.79 Å². The van der Waals surface area contributed by atoms with Crippen molar-refractivity contribution in [3.63, 3.8) is 0 Å². The van der Waals surface area contributed by atoms with E-state index in [-0.39, 0.29) is 17.7 Å². The molecule has 4 rings (SSSR count). The summed E-state index contributed by atoms with van der Waals surface area (Å²) in [5, 5.41) is 1.05. The smallest absolute Gasteiger partial charge is 0.256 e. The molecule has 1 amide bonds. The van der Waals surface area contributed by atoms with Crippen LogP contribution in [0.15, 0.2) is 57.5 Å². The van der Waals surface area contributed by atoms with Gasteiger partial charge in [0.1, 0.15) is 0 Å². The van der Waals surface area contributed by atoms with Gasteiger partial charge in [0.05, 0.1) is 5.70 Å². The zero-order chi connectivity index (χ0) is 16.0. The van der Waals surface area contributed by atoms with Crippen molar-refractivity contribution in [1.29, 1.82) is 0 Å². The number of thioether (sulfide) groups is 1. The fourth-order valence-electron chi connectivity index (χ4n) is 3.14.